The Bertz CT molecular complexity index is 447. The number of hydrogen-bond acceptors (Lipinski definition) is 2. The number of nitrogens with zero attached hydrogens (tertiary/aromatic N) is 2. The van der Waals surface area contributed by atoms with Gasteiger partial charge < -0.3 is 0 Å². The van der Waals surface area contributed by atoms with Crippen molar-refractivity contribution in [3.05, 3.63) is 60.4 Å². The summed E-state index contributed by atoms with van der Waals surface area (Å²) in [6.07, 6.45) is 1.78. The zero-order valence-electron chi connectivity index (χ0n) is 12.6. The Morgan fingerprint density at radius 1 is 0.842 bits per heavy atom. The predicted octanol–water partition coefficient (Wildman–Crippen LogP) is 5.27. The van der Waals surface area contributed by atoms with Gasteiger partial charge in [-0.15, -0.1) is 0 Å². The van der Waals surface area contributed by atoms with E-state index in [0.717, 1.165) is 17.1 Å². The van der Waals surface area contributed by atoms with Crippen LogP contribution >= 0.6 is 0 Å². The molecule has 0 saturated carbocycles. The molecule has 2 aromatic rings. The number of benzene rings is 1. The van der Waals surface area contributed by atoms with Gasteiger partial charge in [0.2, 0.25) is 0 Å². The average Bonchev–Trinajstić information content (AvgIpc) is 2.53. The number of aliphatic imine (C=N–C) groups is 1. The highest BCUT2D eigenvalue weighted by atomic mass is 14.8. The van der Waals surface area contributed by atoms with Crippen molar-refractivity contribution >= 4 is 11.4 Å². The van der Waals surface area contributed by atoms with E-state index in [1.54, 1.807) is 6.20 Å². The minimum atomic E-state index is 0.918. The molecule has 0 saturated heterocycles. The smallest absolute Gasteiger partial charge is 0.0841 e. The minimum absolute atomic E-state index is 0.918. The molecule has 0 aliphatic heterocycles. The molecule has 1 aromatic carbocycles. The summed E-state index contributed by atoms with van der Waals surface area (Å²) in [7, 11) is 0. The normalized spacial score (nSPS) is 9.63. The maximum Gasteiger partial charge on any atom is 0.0841 e. The van der Waals surface area contributed by atoms with E-state index in [1.807, 2.05) is 83.1 Å². The van der Waals surface area contributed by atoms with Crippen LogP contribution in [0.5, 0.6) is 0 Å². The lowest BCUT2D eigenvalue weighted by Gasteiger charge is -1.99. The molecule has 102 valence electrons. The van der Waals surface area contributed by atoms with Crippen molar-refractivity contribution in [3.63, 3.8) is 0 Å². The van der Waals surface area contributed by atoms with Gasteiger partial charge in [0, 0.05) is 6.20 Å². The Morgan fingerprint density at radius 3 is 1.95 bits per heavy atom. The molecule has 0 radical (unpaired) electrons. The fourth-order valence-electron chi connectivity index (χ4n) is 1.33. The monoisotopic (exact) mass is 256 g/mol. The Labute approximate surface area is 117 Å². The summed E-state index contributed by atoms with van der Waals surface area (Å²) in [5, 5.41) is 0. The third-order valence-electron chi connectivity index (χ3n) is 2.09. The average molecular weight is 256 g/mol. The van der Waals surface area contributed by atoms with Crippen LogP contribution in [0.3, 0.4) is 0 Å². The number of hydrogen-bond donors (Lipinski definition) is 0. The highest BCUT2D eigenvalue weighted by Gasteiger charge is 1.96. The molecule has 0 bridgehead atoms. The van der Waals surface area contributed by atoms with Gasteiger partial charge in [-0.1, -0.05) is 52.0 Å². The van der Waals surface area contributed by atoms with Gasteiger partial charge >= 0.3 is 0 Å². The standard InChI is InChI=1S/C13H12N2.2C2H6/c1-11(13-9-5-6-10-14-13)15-12-7-3-2-4-8-12;2*1-2/h2-10H,1H3;2*1-2H3. The fraction of sp³-hybridized carbons (Fsp3) is 0.294. The van der Waals surface area contributed by atoms with E-state index >= 15 is 0 Å². The first kappa shape index (κ1) is 17.0. The summed E-state index contributed by atoms with van der Waals surface area (Å²) < 4.78 is 0. The molecule has 19 heavy (non-hydrogen) atoms. The quantitative estimate of drug-likeness (QED) is 0.671. The van der Waals surface area contributed by atoms with Gasteiger partial charge in [-0.3, -0.25) is 9.98 Å². The maximum absolute atomic E-state index is 4.48. The SMILES string of the molecule is CC.CC.CC(=Nc1ccccc1)c1ccccn1. The lowest BCUT2D eigenvalue weighted by molar-refractivity contribution is 1.28. The van der Waals surface area contributed by atoms with Gasteiger partial charge in [-0.05, 0) is 31.2 Å². The first-order chi connectivity index (χ1) is 9.36. The summed E-state index contributed by atoms with van der Waals surface area (Å²) in [6.45, 7) is 9.97. The topological polar surface area (TPSA) is 25.2 Å². The molecule has 0 fully saturated rings. The second-order valence-corrected chi connectivity index (χ2v) is 3.25. The second-order valence-electron chi connectivity index (χ2n) is 3.25. The van der Waals surface area contributed by atoms with Gasteiger partial charge in [-0.25, -0.2) is 0 Å². The molecule has 0 aliphatic carbocycles. The first-order valence-corrected chi connectivity index (χ1v) is 6.88. The summed E-state index contributed by atoms with van der Waals surface area (Å²) in [6, 6.07) is 15.7. The molecule has 1 heterocycles. The molecule has 0 unspecified atom stereocenters. The number of pyridine rings is 1. The molecule has 2 nitrogen and oxygen atoms in total. The van der Waals surface area contributed by atoms with E-state index in [4.69, 9.17) is 0 Å². The largest absolute Gasteiger partial charge is 0.255 e. The van der Waals surface area contributed by atoms with Crippen molar-refractivity contribution in [2.24, 2.45) is 4.99 Å². The van der Waals surface area contributed by atoms with Crippen LogP contribution in [0.4, 0.5) is 5.69 Å². The van der Waals surface area contributed by atoms with Crippen molar-refractivity contribution in [2.75, 3.05) is 0 Å². The number of para-hydroxylation sites is 1. The Morgan fingerprint density at radius 2 is 1.42 bits per heavy atom. The predicted molar refractivity (Wildman–Crippen MR) is 85.2 cm³/mol. The van der Waals surface area contributed by atoms with E-state index in [0.29, 0.717) is 0 Å². The molecular formula is C17H24N2. The minimum Gasteiger partial charge on any atom is -0.255 e. The second kappa shape index (κ2) is 11.1. The molecule has 0 amide bonds. The summed E-state index contributed by atoms with van der Waals surface area (Å²) in [5.41, 5.74) is 2.81. The summed E-state index contributed by atoms with van der Waals surface area (Å²) >= 11 is 0. The first-order valence-electron chi connectivity index (χ1n) is 6.88. The Hall–Kier alpha value is -1.96. The highest BCUT2D eigenvalue weighted by molar-refractivity contribution is 5.98. The van der Waals surface area contributed by atoms with Crippen LogP contribution in [0.1, 0.15) is 40.3 Å². The maximum atomic E-state index is 4.48. The van der Waals surface area contributed by atoms with Gasteiger partial charge in [0.05, 0.1) is 17.1 Å². The molecule has 0 atom stereocenters. The molecule has 1 aromatic heterocycles. The Kier molecular flexibility index (Phi) is 10.00. The lowest BCUT2D eigenvalue weighted by atomic mass is 10.2. The van der Waals surface area contributed by atoms with E-state index in [9.17, 15) is 0 Å². The van der Waals surface area contributed by atoms with Gasteiger partial charge in [0.25, 0.3) is 0 Å². The van der Waals surface area contributed by atoms with E-state index in [1.165, 1.54) is 0 Å². The van der Waals surface area contributed by atoms with Crippen molar-refractivity contribution < 1.29 is 0 Å². The lowest BCUT2D eigenvalue weighted by Crippen LogP contribution is -1.96. The molecule has 2 rings (SSSR count). The summed E-state index contributed by atoms with van der Waals surface area (Å²) in [5.74, 6) is 0. The summed E-state index contributed by atoms with van der Waals surface area (Å²) in [4.78, 5) is 8.73. The molecule has 0 spiro atoms. The molecule has 0 aliphatic rings. The third-order valence-corrected chi connectivity index (χ3v) is 2.09. The van der Waals surface area contributed by atoms with Crippen LogP contribution in [-0.2, 0) is 0 Å². The molecule has 0 N–H and O–H groups in total. The van der Waals surface area contributed by atoms with Crippen LogP contribution in [0.15, 0.2) is 59.7 Å². The van der Waals surface area contributed by atoms with Crippen LogP contribution in [0.25, 0.3) is 0 Å². The van der Waals surface area contributed by atoms with Crippen molar-refractivity contribution in [2.45, 2.75) is 34.6 Å². The van der Waals surface area contributed by atoms with E-state index in [2.05, 4.69) is 9.98 Å². The molecule has 2 heteroatoms. The van der Waals surface area contributed by atoms with Gasteiger partial charge in [0.1, 0.15) is 0 Å². The van der Waals surface area contributed by atoms with E-state index < -0.39 is 0 Å². The van der Waals surface area contributed by atoms with Crippen LogP contribution in [0, 0.1) is 0 Å². The third kappa shape index (κ3) is 6.51. The molecular weight excluding hydrogens is 232 g/mol. The van der Waals surface area contributed by atoms with Crippen molar-refractivity contribution in [1.29, 1.82) is 0 Å². The number of aromatic nitrogens is 1. The zero-order valence-corrected chi connectivity index (χ0v) is 12.6. The Balaban J connectivity index is 0.000000741. The zero-order chi connectivity index (χ0) is 14.5. The highest BCUT2D eigenvalue weighted by Crippen LogP contribution is 2.11. The fourth-order valence-corrected chi connectivity index (χ4v) is 1.33. The van der Waals surface area contributed by atoms with E-state index in [-0.39, 0.29) is 0 Å². The van der Waals surface area contributed by atoms with Crippen LogP contribution in [0.2, 0.25) is 0 Å². The van der Waals surface area contributed by atoms with Crippen molar-refractivity contribution in [1.82, 2.24) is 4.98 Å². The van der Waals surface area contributed by atoms with Crippen LogP contribution < -0.4 is 0 Å². The van der Waals surface area contributed by atoms with Crippen molar-refractivity contribution in [3.8, 4) is 0 Å². The van der Waals surface area contributed by atoms with Gasteiger partial charge in [-0.2, -0.15) is 0 Å². The van der Waals surface area contributed by atoms with Gasteiger partial charge in [0.15, 0.2) is 0 Å². The number of rotatable bonds is 2. The van der Waals surface area contributed by atoms with Crippen LogP contribution in [-0.4, -0.2) is 10.7 Å².